The molecule has 0 unspecified atom stereocenters. The maximum absolute atomic E-state index is 6.35. The van der Waals surface area contributed by atoms with Crippen molar-refractivity contribution in [1.29, 1.82) is 0 Å². The van der Waals surface area contributed by atoms with Gasteiger partial charge in [0.05, 0.1) is 11.7 Å². The van der Waals surface area contributed by atoms with E-state index in [1.807, 2.05) is 0 Å². The van der Waals surface area contributed by atoms with Crippen LogP contribution in [0.2, 0.25) is 0 Å². The molecular weight excluding hydrogens is 225 g/mol. The molecule has 100 valence electrons. The summed E-state index contributed by atoms with van der Waals surface area (Å²) in [4.78, 5) is 0. The van der Waals surface area contributed by atoms with Gasteiger partial charge in [0.25, 0.3) is 0 Å². The van der Waals surface area contributed by atoms with Crippen LogP contribution in [0, 0.1) is 23.2 Å². The van der Waals surface area contributed by atoms with Gasteiger partial charge in [-0.3, -0.25) is 0 Å². The lowest BCUT2D eigenvalue weighted by molar-refractivity contribution is -0.199. The highest BCUT2D eigenvalue weighted by molar-refractivity contribution is 6.47. The highest BCUT2D eigenvalue weighted by Crippen LogP contribution is 2.65. The minimum atomic E-state index is -0.150. The fraction of sp³-hybridized carbons (Fsp3) is 1.00. The van der Waals surface area contributed by atoms with E-state index in [1.165, 1.54) is 19.3 Å². The van der Waals surface area contributed by atoms with E-state index in [4.69, 9.17) is 15.0 Å². The second-order valence-corrected chi connectivity index (χ2v) is 7.75. The zero-order valence-electron chi connectivity index (χ0n) is 11.7. The second kappa shape index (κ2) is 3.33. The monoisotopic (exact) mass is 249 g/mol. The number of rotatable bonds is 2. The van der Waals surface area contributed by atoms with Crippen LogP contribution in [0.25, 0.3) is 0 Å². The summed E-state index contributed by atoms with van der Waals surface area (Å²) >= 11 is 0. The average Bonchev–Trinajstić information content (AvgIpc) is 3.08. The molecule has 0 radical (unpaired) electrons. The first-order valence-electron chi connectivity index (χ1n) is 7.52. The van der Waals surface area contributed by atoms with Crippen LogP contribution in [-0.2, 0) is 9.31 Å². The predicted molar refractivity (Wildman–Crippen MR) is 70.8 cm³/mol. The summed E-state index contributed by atoms with van der Waals surface area (Å²) in [5.41, 5.74) is 6.61. The number of hydrogen-bond donors (Lipinski definition) is 1. The SMILES string of the molecule is CC1(C)[C@@H]2C[C@H]3OB([C@H](N)C4CC4)O[C@@]3(C)[C@H]1C2. The Balaban J connectivity index is 1.57. The van der Waals surface area contributed by atoms with Crippen LogP contribution < -0.4 is 5.73 Å². The molecule has 0 aromatic heterocycles. The molecule has 0 aromatic carbocycles. The Kier molecular flexibility index (Phi) is 2.18. The van der Waals surface area contributed by atoms with Crippen LogP contribution in [-0.4, -0.2) is 24.8 Å². The summed E-state index contributed by atoms with van der Waals surface area (Å²) in [6, 6.07) is 0. The van der Waals surface area contributed by atoms with Crippen LogP contribution in [0.3, 0.4) is 0 Å². The first kappa shape index (κ1) is 11.7. The Morgan fingerprint density at radius 1 is 1.22 bits per heavy atom. The molecule has 1 heterocycles. The predicted octanol–water partition coefficient (Wildman–Crippen LogP) is 1.99. The van der Waals surface area contributed by atoms with E-state index in [0.717, 1.165) is 12.3 Å². The fourth-order valence-electron chi connectivity index (χ4n) is 4.77. The molecule has 1 saturated heterocycles. The lowest BCUT2D eigenvalue weighted by Crippen LogP contribution is -2.65. The van der Waals surface area contributed by atoms with Crippen LogP contribution in [0.15, 0.2) is 0 Å². The van der Waals surface area contributed by atoms with Gasteiger partial charge in [0, 0.05) is 5.94 Å². The first-order chi connectivity index (χ1) is 8.43. The smallest absolute Gasteiger partial charge is 0.404 e. The van der Waals surface area contributed by atoms with Crippen molar-refractivity contribution in [3.63, 3.8) is 0 Å². The van der Waals surface area contributed by atoms with Gasteiger partial charge in [-0.25, -0.2) is 0 Å². The maximum Gasteiger partial charge on any atom is 0.475 e. The molecule has 5 atom stereocenters. The maximum atomic E-state index is 6.35. The first-order valence-corrected chi connectivity index (χ1v) is 7.52. The lowest BCUT2D eigenvalue weighted by Gasteiger charge is -2.64. The molecule has 4 aliphatic carbocycles. The van der Waals surface area contributed by atoms with Crippen molar-refractivity contribution < 1.29 is 9.31 Å². The second-order valence-electron chi connectivity index (χ2n) is 7.75. The molecule has 0 amide bonds. The molecule has 0 spiro atoms. The highest BCUT2D eigenvalue weighted by Gasteiger charge is 2.68. The van der Waals surface area contributed by atoms with Crippen molar-refractivity contribution in [3.05, 3.63) is 0 Å². The third-order valence-electron chi connectivity index (χ3n) is 6.45. The quantitative estimate of drug-likeness (QED) is 0.761. The standard InChI is InChI=1S/C14H24BNO2/c1-13(2)9-6-10(13)14(3)11(7-9)17-15(18-14)12(16)8-4-5-8/h8-12H,4-7,16H2,1-3H3/t9-,10-,11+,12+,14-/m0/s1. The average molecular weight is 249 g/mol. The summed E-state index contributed by atoms with van der Waals surface area (Å²) in [6.45, 7) is 7.05. The van der Waals surface area contributed by atoms with Gasteiger partial charge in [-0.2, -0.15) is 0 Å². The third kappa shape index (κ3) is 1.32. The molecule has 2 bridgehead atoms. The van der Waals surface area contributed by atoms with E-state index in [2.05, 4.69) is 20.8 Å². The molecular formula is C14H24BNO2. The summed E-state index contributed by atoms with van der Waals surface area (Å²) < 4.78 is 12.5. The summed E-state index contributed by atoms with van der Waals surface area (Å²) in [5, 5.41) is 0. The van der Waals surface area contributed by atoms with Crippen molar-refractivity contribution in [2.24, 2.45) is 28.9 Å². The number of hydrogen-bond acceptors (Lipinski definition) is 3. The Morgan fingerprint density at radius 3 is 2.56 bits per heavy atom. The van der Waals surface area contributed by atoms with E-state index in [9.17, 15) is 0 Å². The zero-order valence-corrected chi connectivity index (χ0v) is 11.7. The topological polar surface area (TPSA) is 44.5 Å². The third-order valence-corrected chi connectivity index (χ3v) is 6.45. The number of nitrogens with two attached hydrogens (primary N) is 1. The molecule has 3 nitrogen and oxygen atoms in total. The van der Waals surface area contributed by atoms with Crippen molar-refractivity contribution in [2.75, 3.05) is 0 Å². The highest BCUT2D eigenvalue weighted by atomic mass is 16.7. The molecule has 2 N–H and O–H groups in total. The van der Waals surface area contributed by atoms with Gasteiger partial charge in [0.1, 0.15) is 0 Å². The molecule has 4 saturated carbocycles. The fourth-order valence-corrected chi connectivity index (χ4v) is 4.77. The Bertz CT molecular complexity index is 384. The van der Waals surface area contributed by atoms with Crippen molar-refractivity contribution in [3.8, 4) is 0 Å². The van der Waals surface area contributed by atoms with Crippen molar-refractivity contribution in [1.82, 2.24) is 0 Å². The Labute approximate surface area is 110 Å². The minimum absolute atomic E-state index is 0.0879. The van der Waals surface area contributed by atoms with Gasteiger partial charge in [0.2, 0.25) is 0 Å². The summed E-state index contributed by atoms with van der Waals surface area (Å²) in [7, 11) is -0.150. The van der Waals surface area contributed by atoms with Gasteiger partial charge < -0.3 is 15.0 Å². The van der Waals surface area contributed by atoms with Crippen molar-refractivity contribution >= 4 is 7.12 Å². The van der Waals surface area contributed by atoms with Crippen molar-refractivity contribution in [2.45, 2.75) is 64.1 Å². The lowest BCUT2D eigenvalue weighted by atomic mass is 9.43. The van der Waals surface area contributed by atoms with E-state index in [1.54, 1.807) is 0 Å². The molecule has 0 aromatic rings. The molecule has 5 aliphatic rings. The van der Waals surface area contributed by atoms with E-state index in [0.29, 0.717) is 17.3 Å². The van der Waals surface area contributed by atoms with Gasteiger partial charge in [-0.15, -0.1) is 0 Å². The van der Waals surface area contributed by atoms with E-state index < -0.39 is 0 Å². The summed E-state index contributed by atoms with van der Waals surface area (Å²) in [5.74, 6) is 2.19. The molecule has 18 heavy (non-hydrogen) atoms. The van der Waals surface area contributed by atoms with E-state index >= 15 is 0 Å². The molecule has 5 fully saturated rings. The molecule has 5 rings (SSSR count). The Morgan fingerprint density at radius 2 is 1.94 bits per heavy atom. The largest absolute Gasteiger partial charge is 0.475 e. The minimum Gasteiger partial charge on any atom is -0.404 e. The van der Waals surface area contributed by atoms with Gasteiger partial charge in [-0.1, -0.05) is 13.8 Å². The van der Waals surface area contributed by atoms with Gasteiger partial charge in [0.15, 0.2) is 0 Å². The van der Waals surface area contributed by atoms with Crippen LogP contribution in [0.1, 0.15) is 46.5 Å². The van der Waals surface area contributed by atoms with Crippen LogP contribution in [0.4, 0.5) is 0 Å². The zero-order chi connectivity index (χ0) is 12.7. The van der Waals surface area contributed by atoms with Gasteiger partial charge >= 0.3 is 7.12 Å². The Hall–Kier alpha value is -0.0551. The normalized spacial score (nSPS) is 50.7. The van der Waals surface area contributed by atoms with E-state index in [-0.39, 0.29) is 24.8 Å². The van der Waals surface area contributed by atoms with Gasteiger partial charge in [-0.05, 0) is 55.8 Å². The summed E-state index contributed by atoms with van der Waals surface area (Å²) in [6.07, 6.45) is 5.26. The van der Waals surface area contributed by atoms with Crippen LogP contribution >= 0.6 is 0 Å². The molecule has 4 heteroatoms. The molecule has 1 aliphatic heterocycles. The van der Waals surface area contributed by atoms with Crippen LogP contribution in [0.5, 0.6) is 0 Å².